The Labute approximate surface area is 93.6 Å². The lowest BCUT2D eigenvalue weighted by Gasteiger charge is -2.08. The van der Waals surface area contributed by atoms with E-state index in [1.807, 2.05) is 18.2 Å². The molecule has 0 aliphatic carbocycles. The molecule has 16 heavy (non-hydrogen) atoms. The van der Waals surface area contributed by atoms with E-state index in [-0.39, 0.29) is 0 Å². The number of carbonyl (C=O) groups is 1. The lowest BCUT2D eigenvalue weighted by atomic mass is 10.0. The van der Waals surface area contributed by atoms with E-state index < -0.39 is 0 Å². The predicted octanol–water partition coefficient (Wildman–Crippen LogP) is 2.67. The quantitative estimate of drug-likeness (QED) is 0.740. The highest BCUT2D eigenvalue weighted by molar-refractivity contribution is 6.01. The summed E-state index contributed by atoms with van der Waals surface area (Å²) in [5.41, 5.74) is 0.651. The van der Waals surface area contributed by atoms with Crippen molar-refractivity contribution in [2.75, 3.05) is 14.2 Å². The molecule has 0 saturated carbocycles. The van der Waals surface area contributed by atoms with Gasteiger partial charge in [0.15, 0.2) is 6.29 Å². The van der Waals surface area contributed by atoms with Crippen molar-refractivity contribution in [2.24, 2.45) is 0 Å². The maximum atomic E-state index is 10.9. The Kier molecular flexibility index (Phi) is 2.77. The Bertz CT molecular complexity index is 532. The van der Waals surface area contributed by atoms with Crippen molar-refractivity contribution >= 4 is 17.1 Å². The molecule has 0 heterocycles. The van der Waals surface area contributed by atoms with E-state index >= 15 is 0 Å². The first-order chi connectivity index (χ1) is 7.80. The number of aldehydes is 1. The lowest BCUT2D eigenvalue weighted by Crippen LogP contribution is -1.90. The van der Waals surface area contributed by atoms with Crippen LogP contribution in [-0.2, 0) is 0 Å². The molecule has 2 aromatic carbocycles. The number of ether oxygens (including phenoxy) is 2. The summed E-state index contributed by atoms with van der Waals surface area (Å²) in [5, 5.41) is 1.75. The minimum Gasteiger partial charge on any atom is -0.497 e. The summed E-state index contributed by atoms with van der Waals surface area (Å²) < 4.78 is 10.4. The zero-order valence-corrected chi connectivity index (χ0v) is 9.19. The van der Waals surface area contributed by atoms with Crippen molar-refractivity contribution in [3.8, 4) is 11.5 Å². The van der Waals surface area contributed by atoms with Gasteiger partial charge in [0, 0.05) is 10.9 Å². The van der Waals surface area contributed by atoms with Crippen molar-refractivity contribution in [1.82, 2.24) is 0 Å². The molecule has 0 unspecified atom stereocenters. The van der Waals surface area contributed by atoms with Gasteiger partial charge in [-0.15, -0.1) is 0 Å². The molecule has 3 nitrogen and oxygen atoms in total. The Morgan fingerprint density at radius 2 is 1.81 bits per heavy atom. The Balaban J connectivity index is 2.79. The van der Waals surface area contributed by atoms with Crippen molar-refractivity contribution in [1.29, 1.82) is 0 Å². The number of benzene rings is 2. The van der Waals surface area contributed by atoms with Crippen LogP contribution in [0.15, 0.2) is 30.3 Å². The van der Waals surface area contributed by atoms with Gasteiger partial charge in [0.2, 0.25) is 0 Å². The molecule has 2 aromatic rings. The van der Waals surface area contributed by atoms with E-state index in [2.05, 4.69) is 0 Å². The summed E-state index contributed by atoms with van der Waals surface area (Å²) in [6, 6.07) is 9.09. The van der Waals surface area contributed by atoms with Gasteiger partial charge >= 0.3 is 0 Å². The van der Waals surface area contributed by atoms with Gasteiger partial charge in [0.05, 0.1) is 14.2 Å². The summed E-state index contributed by atoms with van der Waals surface area (Å²) in [7, 11) is 3.21. The summed E-state index contributed by atoms with van der Waals surface area (Å²) in [4.78, 5) is 10.9. The van der Waals surface area contributed by atoms with Crippen LogP contribution in [0.3, 0.4) is 0 Å². The molecule has 0 aliphatic heterocycles. The molecule has 0 amide bonds. The van der Waals surface area contributed by atoms with E-state index in [9.17, 15) is 4.79 Å². The first-order valence-electron chi connectivity index (χ1n) is 4.90. The van der Waals surface area contributed by atoms with E-state index in [0.717, 1.165) is 28.6 Å². The fourth-order valence-corrected chi connectivity index (χ4v) is 1.73. The maximum Gasteiger partial charge on any atom is 0.150 e. The summed E-state index contributed by atoms with van der Waals surface area (Å²) >= 11 is 0. The van der Waals surface area contributed by atoms with Crippen LogP contribution in [-0.4, -0.2) is 20.5 Å². The average molecular weight is 216 g/mol. The zero-order chi connectivity index (χ0) is 11.5. The molecule has 82 valence electrons. The van der Waals surface area contributed by atoms with Gasteiger partial charge < -0.3 is 9.47 Å². The van der Waals surface area contributed by atoms with Crippen molar-refractivity contribution < 1.29 is 14.3 Å². The first kappa shape index (κ1) is 10.5. The molecule has 2 rings (SSSR count). The molecule has 3 heteroatoms. The third-order valence-electron chi connectivity index (χ3n) is 2.56. The van der Waals surface area contributed by atoms with E-state index in [0.29, 0.717) is 5.56 Å². The Morgan fingerprint density at radius 1 is 1.00 bits per heavy atom. The number of hydrogen-bond acceptors (Lipinski definition) is 3. The fraction of sp³-hybridized carbons (Fsp3) is 0.154. The number of hydrogen-bond donors (Lipinski definition) is 0. The second-order valence-corrected chi connectivity index (χ2v) is 3.39. The zero-order valence-electron chi connectivity index (χ0n) is 9.19. The van der Waals surface area contributed by atoms with E-state index in [1.54, 1.807) is 26.4 Å². The predicted molar refractivity (Wildman–Crippen MR) is 62.4 cm³/mol. The van der Waals surface area contributed by atoms with Crippen LogP contribution in [0.1, 0.15) is 10.4 Å². The first-order valence-corrected chi connectivity index (χ1v) is 4.90. The topological polar surface area (TPSA) is 35.5 Å². The van der Waals surface area contributed by atoms with Crippen molar-refractivity contribution in [3.63, 3.8) is 0 Å². The van der Waals surface area contributed by atoms with Gasteiger partial charge in [-0.3, -0.25) is 4.79 Å². The number of methoxy groups -OCH3 is 2. The van der Waals surface area contributed by atoms with Crippen LogP contribution in [0.2, 0.25) is 0 Å². The molecule has 0 radical (unpaired) electrons. The standard InChI is InChI=1S/C13H12O3/c1-15-10-4-5-11-9(8-14)3-6-13(16-2)12(11)7-10/h3-8H,1-2H3. The van der Waals surface area contributed by atoms with Gasteiger partial charge in [-0.05, 0) is 35.7 Å². The molecule has 0 N–H and O–H groups in total. The second-order valence-electron chi connectivity index (χ2n) is 3.39. The highest BCUT2D eigenvalue weighted by atomic mass is 16.5. The van der Waals surface area contributed by atoms with Crippen molar-refractivity contribution in [3.05, 3.63) is 35.9 Å². The van der Waals surface area contributed by atoms with Gasteiger partial charge in [0.1, 0.15) is 11.5 Å². The SMILES string of the molecule is COc1ccc2c(C=O)ccc(OC)c2c1. The monoisotopic (exact) mass is 216 g/mol. The smallest absolute Gasteiger partial charge is 0.150 e. The summed E-state index contributed by atoms with van der Waals surface area (Å²) in [5.74, 6) is 1.48. The van der Waals surface area contributed by atoms with Crippen LogP contribution in [0.5, 0.6) is 11.5 Å². The van der Waals surface area contributed by atoms with Gasteiger partial charge in [-0.2, -0.15) is 0 Å². The third-order valence-corrected chi connectivity index (χ3v) is 2.56. The largest absolute Gasteiger partial charge is 0.497 e. The summed E-state index contributed by atoms with van der Waals surface area (Å²) in [6.07, 6.45) is 0.842. The van der Waals surface area contributed by atoms with E-state index in [1.165, 1.54) is 0 Å². The van der Waals surface area contributed by atoms with Gasteiger partial charge in [-0.25, -0.2) is 0 Å². The average Bonchev–Trinajstić information content (AvgIpc) is 2.36. The molecule has 0 aromatic heterocycles. The number of carbonyl (C=O) groups excluding carboxylic acids is 1. The molecule has 0 aliphatic rings. The molecule has 0 spiro atoms. The van der Waals surface area contributed by atoms with Crippen LogP contribution >= 0.6 is 0 Å². The highest BCUT2D eigenvalue weighted by Gasteiger charge is 2.06. The lowest BCUT2D eigenvalue weighted by molar-refractivity contribution is 0.112. The molecular formula is C13H12O3. The van der Waals surface area contributed by atoms with Gasteiger partial charge in [-0.1, -0.05) is 0 Å². The highest BCUT2D eigenvalue weighted by Crippen LogP contribution is 2.30. The fourth-order valence-electron chi connectivity index (χ4n) is 1.73. The van der Waals surface area contributed by atoms with Crippen LogP contribution in [0, 0.1) is 0 Å². The second kappa shape index (κ2) is 4.23. The number of rotatable bonds is 3. The maximum absolute atomic E-state index is 10.9. The molecule has 0 fully saturated rings. The van der Waals surface area contributed by atoms with Gasteiger partial charge in [0.25, 0.3) is 0 Å². The number of fused-ring (bicyclic) bond motifs is 1. The molecule has 0 bridgehead atoms. The Morgan fingerprint density at radius 3 is 2.44 bits per heavy atom. The van der Waals surface area contributed by atoms with Crippen LogP contribution in [0.25, 0.3) is 10.8 Å². The van der Waals surface area contributed by atoms with E-state index in [4.69, 9.17) is 9.47 Å². The Hall–Kier alpha value is -2.03. The molecular weight excluding hydrogens is 204 g/mol. The summed E-state index contributed by atoms with van der Waals surface area (Å²) in [6.45, 7) is 0. The van der Waals surface area contributed by atoms with Crippen LogP contribution < -0.4 is 9.47 Å². The molecule has 0 saturated heterocycles. The minimum absolute atomic E-state index is 0.651. The van der Waals surface area contributed by atoms with Crippen LogP contribution in [0.4, 0.5) is 0 Å². The molecule has 0 atom stereocenters. The third kappa shape index (κ3) is 1.60. The normalized spacial score (nSPS) is 10.1. The minimum atomic E-state index is 0.651. The van der Waals surface area contributed by atoms with Crippen molar-refractivity contribution in [2.45, 2.75) is 0 Å².